The van der Waals surface area contributed by atoms with Gasteiger partial charge in [-0.3, -0.25) is 0 Å². The van der Waals surface area contributed by atoms with E-state index in [1.807, 2.05) is 18.2 Å². The van der Waals surface area contributed by atoms with Crippen molar-refractivity contribution in [2.45, 2.75) is 0 Å². The molecule has 0 radical (unpaired) electrons. The summed E-state index contributed by atoms with van der Waals surface area (Å²) in [5.74, 6) is 0. The highest BCUT2D eigenvalue weighted by Crippen LogP contribution is 2.27. The zero-order chi connectivity index (χ0) is 7.26. The number of benzene rings is 1. The van der Waals surface area contributed by atoms with Crippen LogP contribution in [0.5, 0.6) is 0 Å². The Kier molecular flexibility index (Phi) is 0.650. The fourth-order valence-electron chi connectivity index (χ4n) is 1.16. The van der Waals surface area contributed by atoms with Gasteiger partial charge in [0.1, 0.15) is 16.7 Å². The first kappa shape index (κ1) is 4.95. The second-order valence-electron chi connectivity index (χ2n) is 2.31. The van der Waals surface area contributed by atoms with E-state index in [4.69, 9.17) is 0 Å². The summed E-state index contributed by atoms with van der Waals surface area (Å²) in [6, 6.07) is 5.69. The highest BCUT2D eigenvalue weighted by Gasteiger charge is 2.11. The number of hydrogen-bond acceptors (Lipinski definition) is 4. The Hall–Kier alpha value is -1.78. The molecular weight excluding hydrogens is 142 g/mol. The zero-order valence-corrected chi connectivity index (χ0v) is 5.47. The molecular formula is C6H3N5. The van der Waals surface area contributed by atoms with Gasteiger partial charge in [-0.2, -0.15) is 0 Å². The summed E-state index contributed by atoms with van der Waals surface area (Å²) >= 11 is 0. The molecule has 0 N–H and O–H groups in total. The van der Waals surface area contributed by atoms with Crippen LogP contribution in [-0.2, 0) is 0 Å². The minimum absolute atomic E-state index is 0.792. The van der Waals surface area contributed by atoms with Gasteiger partial charge in [-0.15, -0.1) is 15.0 Å². The van der Waals surface area contributed by atoms with E-state index < -0.39 is 0 Å². The summed E-state index contributed by atoms with van der Waals surface area (Å²) in [5, 5.41) is 15.4. The van der Waals surface area contributed by atoms with Crippen molar-refractivity contribution >= 4 is 16.7 Å². The first-order valence-electron chi connectivity index (χ1n) is 3.21. The maximum Gasteiger partial charge on any atom is 0.143 e. The van der Waals surface area contributed by atoms with Crippen molar-refractivity contribution in [2.75, 3.05) is 0 Å². The molecule has 2 aromatic rings. The molecule has 0 aliphatic carbocycles. The lowest BCUT2D eigenvalue weighted by atomic mass is 10.3. The number of hydrogen-bond donors (Lipinski definition) is 0. The van der Waals surface area contributed by atoms with Gasteiger partial charge in [0.05, 0.1) is 0 Å². The SMILES string of the molecule is c1cc2c3nnn(c3c1)N=N2. The molecule has 0 atom stereocenters. The summed E-state index contributed by atoms with van der Waals surface area (Å²) < 4.78 is 0. The fraction of sp³-hybridized carbons (Fsp3) is 0. The standard InChI is InChI=1S/C6H3N5/c1-2-4-6-5(3-1)11(9-7-4)10-8-6/h1-3H. The van der Waals surface area contributed by atoms with Gasteiger partial charge in [0, 0.05) is 0 Å². The molecule has 0 amide bonds. The monoisotopic (exact) mass is 145 g/mol. The van der Waals surface area contributed by atoms with Gasteiger partial charge in [0.25, 0.3) is 0 Å². The molecule has 0 saturated carbocycles. The van der Waals surface area contributed by atoms with Crippen LogP contribution in [0.2, 0.25) is 0 Å². The van der Waals surface area contributed by atoms with E-state index in [1.165, 1.54) is 4.79 Å². The molecule has 1 aliphatic rings. The Morgan fingerprint density at radius 2 is 2.27 bits per heavy atom. The van der Waals surface area contributed by atoms with Gasteiger partial charge in [-0.25, -0.2) is 0 Å². The molecule has 5 nitrogen and oxygen atoms in total. The Morgan fingerprint density at radius 1 is 1.27 bits per heavy atom. The van der Waals surface area contributed by atoms with Crippen molar-refractivity contribution in [3.05, 3.63) is 18.2 Å². The van der Waals surface area contributed by atoms with Crippen LogP contribution in [0.25, 0.3) is 11.0 Å². The third kappa shape index (κ3) is 0.463. The summed E-state index contributed by atoms with van der Waals surface area (Å²) in [5.41, 5.74) is 2.53. The van der Waals surface area contributed by atoms with Crippen LogP contribution in [0.15, 0.2) is 28.5 Å². The zero-order valence-electron chi connectivity index (χ0n) is 5.47. The van der Waals surface area contributed by atoms with Crippen molar-refractivity contribution in [3.8, 4) is 0 Å². The lowest BCUT2D eigenvalue weighted by Gasteiger charge is -1.98. The molecule has 4 bridgehead atoms. The molecule has 11 heavy (non-hydrogen) atoms. The van der Waals surface area contributed by atoms with E-state index in [9.17, 15) is 0 Å². The number of aromatic nitrogens is 3. The van der Waals surface area contributed by atoms with Gasteiger partial charge in [-0.1, -0.05) is 6.07 Å². The van der Waals surface area contributed by atoms with E-state index in [-0.39, 0.29) is 0 Å². The Balaban J connectivity index is 2.72. The summed E-state index contributed by atoms with van der Waals surface area (Å²) in [6.07, 6.45) is 0. The second-order valence-corrected chi connectivity index (χ2v) is 2.31. The van der Waals surface area contributed by atoms with Crippen molar-refractivity contribution in [3.63, 3.8) is 0 Å². The quantitative estimate of drug-likeness (QED) is 0.478. The number of nitrogens with zero attached hydrogens (tertiary/aromatic N) is 5. The Morgan fingerprint density at radius 3 is 3.18 bits per heavy atom. The molecule has 0 unspecified atom stereocenters. The average molecular weight is 145 g/mol. The first-order valence-corrected chi connectivity index (χ1v) is 3.21. The topological polar surface area (TPSA) is 55.4 Å². The van der Waals surface area contributed by atoms with Crippen LogP contribution in [0.1, 0.15) is 0 Å². The maximum atomic E-state index is 3.91. The van der Waals surface area contributed by atoms with E-state index in [0.717, 1.165) is 16.7 Å². The molecule has 1 aliphatic heterocycles. The second kappa shape index (κ2) is 1.45. The van der Waals surface area contributed by atoms with Crippen LogP contribution < -0.4 is 0 Å². The number of rotatable bonds is 0. The predicted octanol–water partition coefficient (Wildman–Crippen LogP) is 1.29. The van der Waals surface area contributed by atoms with Crippen LogP contribution >= 0.6 is 0 Å². The van der Waals surface area contributed by atoms with E-state index in [0.29, 0.717) is 0 Å². The third-order valence-corrected chi connectivity index (χ3v) is 1.68. The van der Waals surface area contributed by atoms with E-state index in [1.54, 1.807) is 0 Å². The molecule has 52 valence electrons. The summed E-state index contributed by atoms with van der Waals surface area (Å²) in [7, 11) is 0. The lowest BCUT2D eigenvalue weighted by molar-refractivity contribution is 0.678. The van der Waals surface area contributed by atoms with Gasteiger partial charge in [0.2, 0.25) is 0 Å². The molecule has 2 heterocycles. The molecule has 5 heteroatoms. The van der Waals surface area contributed by atoms with Crippen LogP contribution in [0, 0.1) is 0 Å². The highest BCUT2D eigenvalue weighted by atomic mass is 15.7. The van der Waals surface area contributed by atoms with Crippen LogP contribution in [0.3, 0.4) is 0 Å². The Bertz CT molecular complexity index is 455. The normalized spacial score (nSPS) is 13.1. The first-order chi connectivity index (χ1) is 5.45. The lowest BCUT2D eigenvalue weighted by Crippen LogP contribution is -1.90. The average Bonchev–Trinajstić information content (AvgIpc) is 2.28. The highest BCUT2D eigenvalue weighted by molar-refractivity contribution is 5.86. The fourth-order valence-corrected chi connectivity index (χ4v) is 1.16. The third-order valence-electron chi connectivity index (χ3n) is 1.68. The molecule has 0 fully saturated rings. The smallest absolute Gasteiger partial charge is 0.128 e. The summed E-state index contributed by atoms with van der Waals surface area (Å²) in [4.78, 5) is 1.42. The van der Waals surface area contributed by atoms with Crippen LogP contribution in [0.4, 0.5) is 5.69 Å². The minimum Gasteiger partial charge on any atom is -0.128 e. The summed E-state index contributed by atoms with van der Waals surface area (Å²) in [6.45, 7) is 0. The molecule has 0 saturated heterocycles. The van der Waals surface area contributed by atoms with Crippen molar-refractivity contribution in [1.29, 1.82) is 0 Å². The van der Waals surface area contributed by atoms with E-state index >= 15 is 0 Å². The molecule has 0 spiro atoms. The molecule has 1 aromatic heterocycles. The van der Waals surface area contributed by atoms with Crippen molar-refractivity contribution < 1.29 is 0 Å². The predicted molar refractivity (Wildman–Crippen MR) is 37.4 cm³/mol. The van der Waals surface area contributed by atoms with Gasteiger partial charge >= 0.3 is 0 Å². The molecule has 1 aromatic carbocycles. The van der Waals surface area contributed by atoms with Crippen molar-refractivity contribution in [2.24, 2.45) is 10.3 Å². The van der Waals surface area contributed by atoms with Crippen molar-refractivity contribution in [1.82, 2.24) is 15.1 Å². The van der Waals surface area contributed by atoms with E-state index in [2.05, 4.69) is 20.6 Å². The molecule has 3 rings (SSSR count). The van der Waals surface area contributed by atoms with Gasteiger partial charge in [0.15, 0.2) is 0 Å². The largest absolute Gasteiger partial charge is 0.143 e. The minimum atomic E-state index is 0.792. The maximum absolute atomic E-state index is 3.91. The van der Waals surface area contributed by atoms with Gasteiger partial charge in [-0.05, 0) is 22.6 Å². The Labute approximate surface area is 61.3 Å². The van der Waals surface area contributed by atoms with Crippen LogP contribution in [-0.4, -0.2) is 15.1 Å². The van der Waals surface area contributed by atoms with Gasteiger partial charge < -0.3 is 0 Å².